The van der Waals surface area contributed by atoms with E-state index in [0.717, 1.165) is 25.0 Å². The van der Waals surface area contributed by atoms with Gasteiger partial charge in [-0.05, 0) is 58.4 Å². The molecule has 0 bridgehead atoms. The maximum absolute atomic E-state index is 3.52. The standard InChI is InChI=1S/C15H33N3/c1-5-9-16-11-14(3)12-17(4)13-15-8-7-10-18(15)6-2/h14-16H,5-13H2,1-4H3. The number of nitrogens with zero attached hydrogens (tertiary/aromatic N) is 2. The van der Waals surface area contributed by atoms with E-state index in [1.54, 1.807) is 0 Å². The van der Waals surface area contributed by atoms with Gasteiger partial charge >= 0.3 is 0 Å². The van der Waals surface area contributed by atoms with Gasteiger partial charge in [0.05, 0.1) is 0 Å². The molecule has 108 valence electrons. The first-order chi connectivity index (χ1) is 8.67. The molecule has 0 spiro atoms. The fraction of sp³-hybridized carbons (Fsp3) is 1.00. The Labute approximate surface area is 114 Å². The fourth-order valence-electron chi connectivity index (χ4n) is 3.07. The molecule has 0 aliphatic carbocycles. The van der Waals surface area contributed by atoms with Gasteiger partial charge in [0.2, 0.25) is 0 Å². The van der Waals surface area contributed by atoms with Gasteiger partial charge in [-0.15, -0.1) is 0 Å². The smallest absolute Gasteiger partial charge is 0.0223 e. The van der Waals surface area contributed by atoms with Crippen LogP contribution in [0.3, 0.4) is 0 Å². The second-order valence-electron chi connectivity index (χ2n) is 5.96. The zero-order valence-electron chi connectivity index (χ0n) is 12.9. The summed E-state index contributed by atoms with van der Waals surface area (Å²) in [5.74, 6) is 0.748. The van der Waals surface area contributed by atoms with Crippen molar-refractivity contribution in [3.8, 4) is 0 Å². The topological polar surface area (TPSA) is 18.5 Å². The first kappa shape index (κ1) is 15.9. The zero-order valence-corrected chi connectivity index (χ0v) is 12.9. The predicted molar refractivity (Wildman–Crippen MR) is 80.1 cm³/mol. The van der Waals surface area contributed by atoms with Gasteiger partial charge < -0.3 is 10.2 Å². The molecule has 3 nitrogen and oxygen atoms in total. The van der Waals surface area contributed by atoms with Crippen LogP contribution in [0.2, 0.25) is 0 Å². The van der Waals surface area contributed by atoms with Crippen molar-refractivity contribution in [1.29, 1.82) is 0 Å². The van der Waals surface area contributed by atoms with Crippen LogP contribution in [0.5, 0.6) is 0 Å². The average molecular weight is 255 g/mol. The lowest BCUT2D eigenvalue weighted by atomic mass is 10.1. The van der Waals surface area contributed by atoms with Gasteiger partial charge in [-0.2, -0.15) is 0 Å². The quantitative estimate of drug-likeness (QED) is 0.636. The lowest BCUT2D eigenvalue weighted by Gasteiger charge is -2.29. The zero-order chi connectivity index (χ0) is 13.4. The second-order valence-corrected chi connectivity index (χ2v) is 5.96. The fourth-order valence-corrected chi connectivity index (χ4v) is 3.07. The first-order valence-corrected chi connectivity index (χ1v) is 7.80. The number of likely N-dealkylation sites (N-methyl/N-ethyl adjacent to an activating group) is 2. The van der Waals surface area contributed by atoms with Gasteiger partial charge in [0.25, 0.3) is 0 Å². The molecule has 0 amide bonds. The van der Waals surface area contributed by atoms with Crippen molar-refractivity contribution in [1.82, 2.24) is 15.1 Å². The van der Waals surface area contributed by atoms with Gasteiger partial charge in [-0.1, -0.05) is 20.8 Å². The average Bonchev–Trinajstić information content (AvgIpc) is 2.76. The number of rotatable bonds is 9. The first-order valence-electron chi connectivity index (χ1n) is 7.80. The van der Waals surface area contributed by atoms with Crippen LogP contribution in [0.1, 0.15) is 40.0 Å². The molecule has 18 heavy (non-hydrogen) atoms. The summed E-state index contributed by atoms with van der Waals surface area (Å²) in [6.07, 6.45) is 4.01. The molecule has 0 radical (unpaired) electrons. The van der Waals surface area contributed by atoms with E-state index in [-0.39, 0.29) is 0 Å². The molecule has 1 rings (SSSR count). The molecule has 1 fully saturated rings. The van der Waals surface area contributed by atoms with Crippen LogP contribution in [0.4, 0.5) is 0 Å². The van der Waals surface area contributed by atoms with E-state index in [1.165, 1.54) is 45.4 Å². The minimum absolute atomic E-state index is 0.748. The predicted octanol–water partition coefficient (Wildman–Crippen LogP) is 2.04. The Kier molecular flexibility index (Phi) is 7.87. The highest BCUT2D eigenvalue weighted by atomic mass is 15.2. The number of likely N-dealkylation sites (tertiary alicyclic amines) is 1. The maximum Gasteiger partial charge on any atom is 0.0223 e. The monoisotopic (exact) mass is 255 g/mol. The van der Waals surface area contributed by atoms with E-state index in [4.69, 9.17) is 0 Å². The normalized spacial score (nSPS) is 22.8. The molecule has 1 saturated heterocycles. The van der Waals surface area contributed by atoms with Gasteiger partial charge in [-0.3, -0.25) is 4.90 Å². The largest absolute Gasteiger partial charge is 0.316 e. The molecule has 0 saturated carbocycles. The molecular weight excluding hydrogens is 222 g/mol. The molecule has 2 atom stereocenters. The Bertz CT molecular complexity index is 208. The van der Waals surface area contributed by atoms with Crippen molar-refractivity contribution in [2.75, 3.05) is 46.3 Å². The highest BCUT2D eigenvalue weighted by Crippen LogP contribution is 2.17. The van der Waals surface area contributed by atoms with Crippen LogP contribution < -0.4 is 5.32 Å². The van der Waals surface area contributed by atoms with Crippen molar-refractivity contribution in [2.24, 2.45) is 5.92 Å². The Morgan fingerprint density at radius 2 is 2.17 bits per heavy atom. The lowest BCUT2D eigenvalue weighted by Crippen LogP contribution is -2.41. The van der Waals surface area contributed by atoms with Gasteiger partial charge in [0.1, 0.15) is 0 Å². The van der Waals surface area contributed by atoms with E-state index < -0.39 is 0 Å². The molecule has 0 aromatic carbocycles. The van der Waals surface area contributed by atoms with Gasteiger partial charge in [-0.25, -0.2) is 0 Å². The Morgan fingerprint density at radius 3 is 2.83 bits per heavy atom. The molecule has 2 unspecified atom stereocenters. The summed E-state index contributed by atoms with van der Waals surface area (Å²) >= 11 is 0. The van der Waals surface area contributed by atoms with Gasteiger partial charge in [0.15, 0.2) is 0 Å². The lowest BCUT2D eigenvalue weighted by molar-refractivity contribution is 0.185. The van der Waals surface area contributed by atoms with Gasteiger partial charge in [0, 0.05) is 19.1 Å². The molecule has 1 aliphatic heterocycles. The number of hydrogen-bond donors (Lipinski definition) is 1. The SMILES string of the molecule is CCCNCC(C)CN(C)CC1CCCN1CC. The van der Waals surface area contributed by atoms with E-state index in [9.17, 15) is 0 Å². The third kappa shape index (κ3) is 5.68. The summed E-state index contributed by atoms with van der Waals surface area (Å²) in [5, 5.41) is 3.52. The van der Waals surface area contributed by atoms with E-state index in [2.05, 4.69) is 42.9 Å². The number of nitrogens with one attached hydrogen (secondary N) is 1. The van der Waals surface area contributed by atoms with Crippen LogP contribution in [0, 0.1) is 5.92 Å². The minimum atomic E-state index is 0.748. The molecule has 0 aromatic rings. The summed E-state index contributed by atoms with van der Waals surface area (Å²) < 4.78 is 0. The minimum Gasteiger partial charge on any atom is -0.316 e. The van der Waals surface area contributed by atoms with Crippen LogP contribution >= 0.6 is 0 Å². The molecule has 3 heteroatoms. The Morgan fingerprint density at radius 1 is 1.39 bits per heavy atom. The highest BCUT2D eigenvalue weighted by Gasteiger charge is 2.24. The van der Waals surface area contributed by atoms with Crippen LogP contribution in [-0.4, -0.2) is 62.2 Å². The van der Waals surface area contributed by atoms with Crippen molar-refractivity contribution in [2.45, 2.75) is 46.1 Å². The van der Waals surface area contributed by atoms with Crippen molar-refractivity contribution in [3.63, 3.8) is 0 Å². The molecule has 0 aromatic heterocycles. The summed E-state index contributed by atoms with van der Waals surface area (Å²) in [4.78, 5) is 5.16. The summed E-state index contributed by atoms with van der Waals surface area (Å²) in [6, 6.07) is 0.802. The van der Waals surface area contributed by atoms with Crippen molar-refractivity contribution < 1.29 is 0 Å². The highest BCUT2D eigenvalue weighted by molar-refractivity contribution is 4.80. The summed E-state index contributed by atoms with van der Waals surface area (Å²) in [6.45, 7) is 14.1. The second kappa shape index (κ2) is 8.89. The van der Waals surface area contributed by atoms with Crippen molar-refractivity contribution >= 4 is 0 Å². The van der Waals surface area contributed by atoms with E-state index >= 15 is 0 Å². The third-order valence-electron chi connectivity index (χ3n) is 3.97. The third-order valence-corrected chi connectivity index (χ3v) is 3.97. The summed E-state index contributed by atoms with van der Waals surface area (Å²) in [7, 11) is 2.28. The summed E-state index contributed by atoms with van der Waals surface area (Å²) in [5.41, 5.74) is 0. The Balaban J connectivity index is 2.17. The van der Waals surface area contributed by atoms with E-state index in [1.807, 2.05) is 0 Å². The number of hydrogen-bond acceptors (Lipinski definition) is 3. The Hall–Kier alpha value is -0.120. The van der Waals surface area contributed by atoms with Crippen LogP contribution in [0.25, 0.3) is 0 Å². The molecular formula is C15H33N3. The molecule has 1 aliphatic rings. The molecule has 1 N–H and O–H groups in total. The van der Waals surface area contributed by atoms with Crippen LogP contribution in [-0.2, 0) is 0 Å². The maximum atomic E-state index is 3.52. The van der Waals surface area contributed by atoms with Crippen molar-refractivity contribution in [3.05, 3.63) is 0 Å². The van der Waals surface area contributed by atoms with Crippen LogP contribution in [0.15, 0.2) is 0 Å². The molecule has 1 heterocycles. The van der Waals surface area contributed by atoms with E-state index in [0.29, 0.717) is 0 Å².